The molecular formula is C14H15ClN2O2S. The van der Waals surface area contributed by atoms with Crippen LogP contribution in [0.3, 0.4) is 0 Å². The third-order valence-electron chi connectivity index (χ3n) is 2.87. The minimum absolute atomic E-state index is 0.107. The molecule has 2 aromatic rings. The fourth-order valence-corrected chi connectivity index (χ4v) is 2.85. The van der Waals surface area contributed by atoms with Crippen LogP contribution in [-0.2, 0) is 9.84 Å². The van der Waals surface area contributed by atoms with Gasteiger partial charge in [-0.25, -0.2) is 13.4 Å². The Morgan fingerprint density at radius 1 is 1.25 bits per heavy atom. The largest absolute Gasteiger partial charge is 0.362 e. The van der Waals surface area contributed by atoms with Crippen LogP contribution in [0.2, 0.25) is 5.02 Å². The molecule has 0 amide bonds. The van der Waals surface area contributed by atoms with Gasteiger partial charge in [-0.15, -0.1) is 0 Å². The SMILES string of the molecule is CC(Nc1ncccc1S(C)(=O)=O)c1cccc(Cl)c1. The van der Waals surface area contributed by atoms with Crippen LogP contribution in [0, 0.1) is 0 Å². The van der Waals surface area contributed by atoms with Crippen molar-refractivity contribution >= 4 is 27.3 Å². The Morgan fingerprint density at radius 3 is 2.65 bits per heavy atom. The second-order valence-electron chi connectivity index (χ2n) is 4.54. The Bertz CT molecular complexity index is 717. The van der Waals surface area contributed by atoms with Crippen LogP contribution in [0.1, 0.15) is 18.5 Å². The quantitative estimate of drug-likeness (QED) is 0.941. The molecule has 106 valence electrons. The van der Waals surface area contributed by atoms with Crippen molar-refractivity contribution in [3.05, 3.63) is 53.2 Å². The zero-order chi connectivity index (χ0) is 14.8. The Balaban J connectivity index is 2.31. The van der Waals surface area contributed by atoms with Crippen molar-refractivity contribution in [3.63, 3.8) is 0 Å². The molecule has 6 heteroatoms. The van der Waals surface area contributed by atoms with E-state index in [0.717, 1.165) is 5.56 Å². The van der Waals surface area contributed by atoms with Crippen molar-refractivity contribution < 1.29 is 8.42 Å². The lowest BCUT2D eigenvalue weighted by atomic mass is 10.1. The molecule has 1 N–H and O–H groups in total. The van der Waals surface area contributed by atoms with E-state index in [0.29, 0.717) is 10.8 Å². The van der Waals surface area contributed by atoms with Gasteiger partial charge in [-0.05, 0) is 36.8 Å². The molecule has 20 heavy (non-hydrogen) atoms. The minimum atomic E-state index is -3.32. The molecule has 2 rings (SSSR count). The summed E-state index contributed by atoms with van der Waals surface area (Å²) in [5.41, 5.74) is 0.961. The van der Waals surface area contributed by atoms with Crippen LogP contribution in [0.15, 0.2) is 47.5 Å². The summed E-state index contributed by atoms with van der Waals surface area (Å²) >= 11 is 5.96. The zero-order valence-electron chi connectivity index (χ0n) is 11.2. The van der Waals surface area contributed by atoms with Crippen LogP contribution in [0.4, 0.5) is 5.82 Å². The van der Waals surface area contributed by atoms with E-state index >= 15 is 0 Å². The molecule has 0 saturated carbocycles. The molecule has 1 atom stereocenters. The van der Waals surface area contributed by atoms with Gasteiger partial charge in [0.2, 0.25) is 0 Å². The highest BCUT2D eigenvalue weighted by Gasteiger charge is 2.16. The van der Waals surface area contributed by atoms with Gasteiger partial charge in [0.1, 0.15) is 10.7 Å². The molecule has 0 saturated heterocycles. The van der Waals surface area contributed by atoms with E-state index in [-0.39, 0.29) is 10.9 Å². The van der Waals surface area contributed by atoms with Gasteiger partial charge in [-0.3, -0.25) is 0 Å². The third-order valence-corrected chi connectivity index (χ3v) is 4.24. The summed E-state index contributed by atoms with van der Waals surface area (Å²) in [5, 5.41) is 3.75. The van der Waals surface area contributed by atoms with E-state index in [1.54, 1.807) is 18.3 Å². The Kier molecular flexibility index (Phi) is 4.30. The monoisotopic (exact) mass is 310 g/mol. The van der Waals surface area contributed by atoms with E-state index in [9.17, 15) is 8.42 Å². The molecule has 0 aliphatic heterocycles. The second kappa shape index (κ2) is 5.81. The predicted octanol–water partition coefficient (Wildman–Crippen LogP) is 3.31. The Hall–Kier alpha value is -1.59. The van der Waals surface area contributed by atoms with Crippen LogP contribution < -0.4 is 5.32 Å². The van der Waals surface area contributed by atoms with Gasteiger partial charge >= 0.3 is 0 Å². The van der Waals surface area contributed by atoms with Crippen LogP contribution in [0.25, 0.3) is 0 Å². The topological polar surface area (TPSA) is 59.1 Å². The summed E-state index contributed by atoms with van der Waals surface area (Å²) in [5.74, 6) is 0.350. The maximum absolute atomic E-state index is 11.7. The summed E-state index contributed by atoms with van der Waals surface area (Å²) in [7, 11) is -3.32. The number of sulfone groups is 1. The maximum Gasteiger partial charge on any atom is 0.179 e. The fraction of sp³-hybridized carbons (Fsp3) is 0.214. The zero-order valence-corrected chi connectivity index (χ0v) is 12.7. The number of benzene rings is 1. The summed E-state index contributed by atoms with van der Waals surface area (Å²) in [6, 6.07) is 10.4. The number of hydrogen-bond donors (Lipinski definition) is 1. The van der Waals surface area contributed by atoms with E-state index in [2.05, 4.69) is 10.3 Å². The van der Waals surface area contributed by atoms with E-state index in [4.69, 9.17) is 11.6 Å². The van der Waals surface area contributed by atoms with Crippen molar-refractivity contribution in [2.45, 2.75) is 17.9 Å². The molecule has 0 spiro atoms. The Labute approximate surface area is 123 Å². The Morgan fingerprint density at radius 2 is 2.00 bits per heavy atom. The van der Waals surface area contributed by atoms with Crippen molar-refractivity contribution in [1.29, 1.82) is 0 Å². The number of halogens is 1. The van der Waals surface area contributed by atoms with Gasteiger partial charge in [-0.1, -0.05) is 23.7 Å². The van der Waals surface area contributed by atoms with E-state index < -0.39 is 9.84 Å². The van der Waals surface area contributed by atoms with Crippen LogP contribution >= 0.6 is 11.6 Å². The molecular weight excluding hydrogens is 296 g/mol. The van der Waals surface area contributed by atoms with Crippen molar-refractivity contribution in [2.75, 3.05) is 11.6 Å². The first-order valence-corrected chi connectivity index (χ1v) is 8.32. The smallest absolute Gasteiger partial charge is 0.179 e. The highest BCUT2D eigenvalue weighted by Crippen LogP contribution is 2.24. The molecule has 0 aliphatic rings. The first kappa shape index (κ1) is 14.8. The van der Waals surface area contributed by atoms with Gasteiger partial charge in [0.15, 0.2) is 9.84 Å². The number of nitrogens with zero attached hydrogens (tertiary/aromatic N) is 1. The van der Waals surface area contributed by atoms with Crippen molar-refractivity contribution in [3.8, 4) is 0 Å². The lowest BCUT2D eigenvalue weighted by Crippen LogP contribution is -2.11. The molecule has 4 nitrogen and oxygen atoms in total. The number of pyridine rings is 1. The maximum atomic E-state index is 11.7. The third kappa shape index (κ3) is 3.49. The van der Waals surface area contributed by atoms with E-state index in [1.807, 2.05) is 25.1 Å². The molecule has 1 heterocycles. The molecule has 0 fully saturated rings. The first-order valence-electron chi connectivity index (χ1n) is 6.05. The number of nitrogens with one attached hydrogen (secondary N) is 1. The van der Waals surface area contributed by atoms with Gasteiger partial charge < -0.3 is 5.32 Å². The average molecular weight is 311 g/mol. The molecule has 0 bridgehead atoms. The summed E-state index contributed by atoms with van der Waals surface area (Å²) in [4.78, 5) is 4.30. The molecule has 0 radical (unpaired) electrons. The van der Waals surface area contributed by atoms with E-state index in [1.165, 1.54) is 12.3 Å². The molecule has 1 aromatic heterocycles. The van der Waals surface area contributed by atoms with Crippen molar-refractivity contribution in [2.24, 2.45) is 0 Å². The standard InChI is InChI=1S/C14H15ClN2O2S/c1-10(11-5-3-6-12(15)9-11)17-14-13(20(2,18)19)7-4-8-16-14/h3-10H,1-2H3,(H,16,17). The number of rotatable bonds is 4. The first-order chi connectivity index (χ1) is 9.38. The lowest BCUT2D eigenvalue weighted by molar-refractivity contribution is 0.601. The van der Waals surface area contributed by atoms with Crippen molar-refractivity contribution in [1.82, 2.24) is 4.98 Å². The number of anilines is 1. The van der Waals surface area contributed by atoms with Crippen LogP contribution in [0.5, 0.6) is 0 Å². The highest BCUT2D eigenvalue weighted by atomic mass is 35.5. The average Bonchev–Trinajstić information content (AvgIpc) is 2.38. The normalized spacial score (nSPS) is 12.9. The van der Waals surface area contributed by atoms with Gasteiger partial charge in [-0.2, -0.15) is 0 Å². The molecule has 1 unspecified atom stereocenters. The number of hydrogen-bond acceptors (Lipinski definition) is 4. The fourth-order valence-electron chi connectivity index (χ4n) is 1.86. The highest BCUT2D eigenvalue weighted by molar-refractivity contribution is 7.90. The molecule has 0 aliphatic carbocycles. The predicted molar refractivity (Wildman–Crippen MR) is 80.8 cm³/mol. The van der Waals surface area contributed by atoms with Crippen LogP contribution in [-0.4, -0.2) is 19.7 Å². The van der Waals surface area contributed by atoms with Gasteiger partial charge in [0.25, 0.3) is 0 Å². The van der Waals surface area contributed by atoms with Gasteiger partial charge in [0.05, 0.1) is 6.04 Å². The minimum Gasteiger partial charge on any atom is -0.362 e. The second-order valence-corrected chi connectivity index (χ2v) is 6.96. The lowest BCUT2D eigenvalue weighted by Gasteiger charge is -2.17. The number of aromatic nitrogens is 1. The molecule has 1 aromatic carbocycles. The summed E-state index contributed by atoms with van der Waals surface area (Å²) in [6.07, 6.45) is 2.72. The van der Waals surface area contributed by atoms with Gasteiger partial charge in [0, 0.05) is 17.5 Å². The summed E-state index contributed by atoms with van der Waals surface area (Å²) in [6.45, 7) is 1.92. The summed E-state index contributed by atoms with van der Waals surface area (Å²) < 4.78 is 23.4.